The molecule has 1 amide bonds. The molecule has 1 fully saturated rings. The summed E-state index contributed by atoms with van der Waals surface area (Å²) in [7, 11) is 0. The number of rotatable bonds is 4. The molecule has 0 aromatic carbocycles. The number of piperidine rings is 1. The van der Waals surface area contributed by atoms with Gasteiger partial charge in [-0.05, 0) is 26.1 Å². The van der Waals surface area contributed by atoms with E-state index in [-0.39, 0.29) is 17.9 Å². The summed E-state index contributed by atoms with van der Waals surface area (Å²) in [6, 6.07) is 0.288. The van der Waals surface area contributed by atoms with Crippen molar-refractivity contribution in [1.82, 2.24) is 10.2 Å². The quantitative estimate of drug-likeness (QED) is 0.659. The average Bonchev–Trinajstić information content (AvgIpc) is 2.20. The molecule has 1 heterocycles. The van der Waals surface area contributed by atoms with E-state index in [0.29, 0.717) is 0 Å². The number of carbonyl (C=O) groups excluding carboxylic acids is 1. The molecular weight excluding hydrogens is 178 g/mol. The molecule has 1 aliphatic rings. The Morgan fingerprint density at radius 1 is 1.50 bits per heavy atom. The van der Waals surface area contributed by atoms with E-state index in [1.807, 2.05) is 0 Å². The third kappa shape index (κ3) is 2.45. The van der Waals surface area contributed by atoms with Gasteiger partial charge in [-0.3, -0.25) is 9.69 Å². The molecule has 0 bridgehead atoms. The summed E-state index contributed by atoms with van der Waals surface area (Å²) < 4.78 is 0. The zero-order valence-corrected chi connectivity index (χ0v) is 9.12. The van der Waals surface area contributed by atoms with Crippen molar-refractivity contribution in [3.8, 4) is 0 Å². The van der Waals surface area contributed by atoms with Crippen LogP contribution in [0.3, 0.4) is 0 Å². The molecule has 1 saturated heterocycles. The van der Waals surface area contributed by atoms with Gasteiger partial charge in [0.2, 0.25) is 5.91 Å². The minimum Gasteiger partial charge on any atom is -0.369 e. The van der Waals surface area contributed by atoms with E-state index < -0.39 is 0 Å². The van der Waals surface area contributed by atoms with Crippen molar-refractivity contribution in [2.24, 2.45) is 11.7 Å². The predicted octanol–water partition coefficient (Wildman–Crippen LogP) is -0.208. The molecular formula is C10H21N3O. The lowest BCUT2D eigenvalue weighted by Gasteiger charge is -2.37. The number of carbonyl (C=O) groups is 1. The van der Waals surface area contributed by atoms with Gasteiger partial charge in [-0.1, -0.05) is 13.8 Å². The van der Waals surface area contributed by atoms with E-state index in [2.05, 4.69) is 24.1 Å². The van der Waals surface area contributed by atoms with Crippen molar-refractivity contribution in [3.63, 3.8) is 0 Å². The van der Waals surface area contributed by atoms with Crippen LogP contribution in [0, 0.1) is 5.92 Å². The lowest BCUT2D eigenvalue weighted by Crippen LogP contribution is -2.54. The van der Waals surface area contributed by atoms with Crippen LogP contribution in [0.25, 0.3) is 0 Å². The maximum Gasteiger partial charge on any atom is 0.222 e. The lowest BCUT2D eigenvalue weighted by atomic mass is 9.91. The van der Waals surface area contributed by atoms with Crippen LogP contribution in [0.2, 0.25) is 0 Å². The SMILES string of the molecule is CCN(CC)C1CNCCC1C(N)=O. The molecule has 3 N–H and O–H groups in total. The molecule has 14 heavy (non-hydrogen) atoms. The molecule has 0 aromatic heterocycles. The summed E-state index contributed by atoms with van der Waals surface area (Å²) in [6.45, 7) is 7.99. The van der Waals surface area contributed by atoms with Gasteiger partial charge in [-0.2, -0.15) is 0 Å². The topological polar surface area (TPSA) is 58.4 Å². The van der Waals surface area contributed by atoms with Crippen molar-refractivity contribution < 1.29 is 4.79 Å². The molecule has 2 atom stereocenters. The van der Waals surface area contributed by atoms with Gasteiger partial charge in [0.15, 0.2) is 0 Å². The smallest absolute Gasteiger partial charge is 0.222 e. The first-order chi connectivity index (χ1) is 6.70. The summed E-state index contributed by atoms with van der Waals surface area (Å²) >= 11 is 0. The maximum absolute atomic E-state index is 11.3. The Kier molecular flexibility index (Phi) is 4.35. The Labute approximate surface area is 85.8 Å². The van der Waals surface area contributed by atoms with Crippen LogP contribution >= 0.6 is 0 Å². The highest BCUT2D eigenvalue weighted by molar-refractivity contribution is 5.77. The molecule has 1 aliphatic heterocycles. The second-order valence-corrected chi connectivity index (χ2v) is 3.79. The first kappa shape index (κ1) is 11.5. The first-order valence-corrected chi connectivity index (χ1v) is 5.44. The van der Waals surface area contributed by atoms with Gasteiger partial charge < -0.3 is 11.1 Å². The summed E-state index contributed by atoms with van der Waals surface area (Å²) in [5, 5.41) is 3.32. The third-order valence-corrected chi connectivity index (χ3v) is 3.10. The molecule has 2 unspecified atom stereocenters. The van der Waals surface area contributed by atoms with Crippen molar-refractivity contribution in [2.75, 3.05) is 26.2 Å². The Balaban J connectivity index is 2.65. The van der Waals surface area contributed by atoms with Gasteiger partial charge in [0.25, 0.3) is 0 Å². The first-order valence-electron chi connectivity index (χ1n) is 5.44. The summed E-state index contributed by atoms with van der Waals surface area (Å²) in [4.78, 5) is 13.6. The Morgan fingerprint density at radius 3 is 2.64 bits per heavy atom. The van der Waals surface area contributed by atoms with Gasteiger partial charge in [0.05, 0.1) is 5.92 Å². The molecule has 4 nitrogen and oxygen atoms in total. The number of nitrogens with two attached hydrogens (primary N) is 1. The van der Waals surface area contributed by atoms with Crippen LogP contribution < -0.4 is 11.1 Å². The van der Waals surface area contributed by atoms with E-state index >= 15 is 0 Å². The summed E-state index contributed by atoms with van der Waals surface area (Å²) in [6.07, 6.45) is 0.872. The highest BCUT2D eigenvalue weighted by atomic mass is 16.1. The van der Waals surface area contributed by atoms with E-state index in [0.717, 1.165) is 32.6 Å². The number of nitrogens with zero attached hydrogens (tertiary/aromatic N) is 1. The second kappa shape index (κ2) is 5.32. The number of likely N-dealkylation sites (N-methyl/N-ethyl adjacent to an activating group) is 1. The number of amides is 1. The monoisotopic (exact) mass is 199 g/mol. The molecule has 0 aromatic rings. The van der Waals surface area contributed by atoms with Gasteiger partial charge in [-0.25, -0.2) is 0 Å². The molecule has 0 radical (unpaired) electrons. The minimum atomic E-state index is -0.150. The standard InChI is InChI=1S/C10H21N3O/c1-3-13(4-2)9-7-12-6-5-8(9)10(11)14/h8-9,12H,3-7H2,1-2H3,(H2,11,14). The van der Waals surface area contributed by atoms with Crippen LogP contribution in [0.15, 0.2) is 0 Å². The lowest BCUT2D eigenvalue weighted by molar-refractivity contribution is -0.124. The molecule has 4 heteroatoms. The zero-order chi connectivity index (χ0) is 10.6. The van der Waals surface area contributed by atoms with Crippen molar-refractivity contribution in [3.05, 3.63) is 0 Å². The molecule has 82 valence electrons. The molecule has 0 saturated carbocycles. The van der Waals surface area contributed by atoms with Gasteiger partial charge in [0, 0.05) is 12.6 Å². The second-order valence-electron chi connectivity index (χ2n) is 3.79. The van der Waals surface area contributed by atoms with Crippen LogP contribution in [0.4, 0.5) is 0 Å². The van der Waals surface area contributed by atoms with Gasteiger partial charge >= 0.3 is 0 Å². The van der Waals surface area contributed by atoms with Crippen molar-refractivity contribution in [1.29, 1.82) is 0 Å². The maximum atomic E-state index is 11.3. The van der Waals surface area contributed by atoms with Crippen LogP contribution in [-0.4, -0.2) is 43.0 Å². The highest BCUT2D eigenvalue weighted by Gasteiger charge is 2.32. The van der Waals surface area contributed by atoms with Gasteiger partial charge in [0.1, 0.15) is 0 Å². The van der Waals surface area contributed by atoms with E-state index in [9.17, 15) is 4.79 Å². The van der Waals surface area contributed by atoms with Gasteiger partial charge in [-0.15, -0.1) is 0 Å². The molecule has 0 aliphatic carbocycles. The van der Waals surface area contributed by atoms with Crippen LogP contribution in [0.1, 0.15) is 20.3 Å². The van der Waals surface area contributed by atoms with E-state index in [4.69, 9.17) is 5.73 Å². The number of nitrogens with one attached hydrogen (secondary N) is 1. The number of hydrogen-bond acceptors (Lipinski definition) is 3. The predicted molar refractivity (Wildman–Crippen MR) is 56.9 cm³/mol. The Hall–Kier alpha value is -0.610. The minimum absolute atomic E-state index is 0.0242. The third-order valence-electron chi connectivity index (χ3n) is 3.10. The Morgan fingerprint density at radius 2 is 2.14 bits per heavy atom. The number of hydrogen-bond donors (Lipinski definition) is 2. The molecule has 0 spiro atoms. The van der Waals surface area contributed by atoms with Crippen molar-refractivity contribution >= 4 is 5.91 Å². The summed E-state index contributed by atoms with van der Waals surface area (Å²) in [5.74, 6) is -0.125. The van der Waals surface area contributed by atoms with Crippen molar-refractivity contribution in [2.45, 2.75) is 26.3 Å². The normalized spacial score (nSPS) is 27.9. The fraction of sp³-hybridized carbons (Fsp3) is 0.900. The fourth-order valence-corrected chi connectivity index (χ4v) is 2.25. The molecule has 1 rings (SSSR count). The largest absolute Gasteiger partial charge is 0.369 e. The average molecular weight is 199 g/mol. The summed E-state index contributed by atoms with van der Waals surface area (Å²) in [5.41, 5.74) is 5.41. The van der Waals surface area contributed by atoms with Crippen LogP contribution in [-0.2, 0) is 4.79 Å². The zero-order valence-electron chi connectivity index (χ0n) is 9.12. The number of primary amides is 1. The highest BCUT2D eigenvalue weighted by Crippen LogP contribution is 2.17. The van der Waals surface area contributed by atoms with E-state index in [1.165, 1.54) is 0 Å². The fourth-order valence-electron chi connectivity index (χ4n) is 2.25. The van der Waals surface area contributed by atoms with E-state index in [1.54, 1.807) is 0 Å². The Bertz CT molecular complexity index is 192. The van der Waals surface area contributed by atoms with Crippen LogP contribution in [0.5, 0.6) is 0 Å².